The fourth-order valence-electron chi connectivity index (χ4n) is 2.69. The first-order valence-electron chi connectivity index (χ1n) is 7.12. The molecule has 1 saturated carbocycles. The molecule has 1 fully saturated rings. The van der Waals surface area contributed by atoms with Crippen LogP contribution in [0.3, 0.4) is 0 Å². The number of ether oxygens (including phenoxy) is 3. The lowest BCUT2D eigenvalue weighted by Crippen LogP contribution is -2.37. The minimum atomic E-state index is 0.213. The Kier molecular flexibility index (Phi) is 3.84. The first kappa shape index (κ1) is 13.9. The molecule has 5 nitrogen and oxygen atoms in total. The number of benzene rings is 1. The summed E-state index contributed by atoms with van der Waals surface area (Å²) in [6.07, 6.45) is 3.97. The Bertz CT molecular complexity index is 639. The molecule has 112 valence electrons. The third-order valence-electron chi connectivity index (χ3n) is 4.04. The summed E-state index contributed by atoms with van der Waals surface area (Å²) in [6, 6.07) is 5.79. The van der Waals surface area contributed by atoms with Crippen LogP contribution in [0.15, 0.2) is 24.4 Å². The molecule has 2 aromatic rings. The van der Waals surface area contributed by atoms with E-state index in [2.05, 4.69) is 4.98 Å². The van der Waals surface area contributed by atoms with Gasteiger partial charge in [-0.05, 0) is 48.9 Å². The summed E-state index contributed by atoms with van der Waals surface area (Å²) < 4.78 is 16.7. The topological polar surface area (TPSA) is 66.6 Å². The van der Waals surface area contributed by atoms with Gasteiger partial charge in [0, 0.05) is 11.6 Å². The number of aromatic nitrogens is 1. The molecule has 1 aromatic carbocycles. The molecule has 0 spiro atoms. The second kappa shape index (κ2) is 5.77. The van der Waals surface area contributed by atoms with Crippen LogP contribution in [-0.2, 0) is 0 Å². The Morgan fingerprint density at radius 3 is 2.57 bits per heavy atom. The quantitative estimate of drug-likeness (QED) is 0.915. The van der Waals surface area contributed by atoms with Crippen molar-refractivity contribution >= 4 is 10.8 Å². The summed E-state index contributed by atoms with van der Waals surface area (Å²) in [5.41, 5.74) is 5.65. The van der Waals surface area contributed by atoms with Crippen molar-refractivity contribution in [1.29, 1.82) is 0 Å². The average Bonchev–Trinajstić information content (AvgIpc) is 2.48. The van der Waals surface area contributed by atoms with Gasteiger partial charge < -0.3 is 19.9 Å². The first-order valence-corrected chi connectivity index (χ1v) is 7.12. The predicted molar refractivity (Wildman–Crippen MR) is 81.0 cm³/mol. The standard InChI is InChI=1S/C16H20N2O3/c1-19-14-7-11-3-4-18-16(13(11)8-15(14)20-2)21-12-5-10(6-12)9-17/h3-4,7-8,10,12H,5-6,9,17H2,1-2H3. The second-order valence-corrected chi connectivity index (χ2v) is 5.36. The van der Waals surface area contributed by atoms with Crippen LogP contribution >= 0.6 is 0 Å². The van der Waals surface area contributed by atoms with Gasteiger partial charge in [0.05, 0.1) is 14.2 Å². The van der Waals surface area contributed by atoms with Crippen molar-refractivity contribution in [3.8, 4) is 17.4 Å². The third-order valence-corrected chi connectivity index (χ3v) is 4.04. The molecule has 1 aliphatic carbocycles. The van der Waals surface area contributed by atoms with Gasteiger partial charge in [-0.15, -0.1) is 0 Å². The normalized spacial score (nSPS) is 20.9. The van der Waals surface area contributed by atoms with Gasteiger partial charge >= 0.3 is 0 Å². The van der Waals surface area contributed by atoms with Crippen molar-refractivity contribution in [1.82, 2.24) is 4.98 Å². The Labute approximate surface area is 124 Å². The van der Waals surface area contributed by atoms with Gasteiger partial charge in [-0.25, -0.2) is 4.98 Å². The van der Waals surface area contributed by atoms with Gasteiger partial charge in [0.1, 0.15) is 6.10 Å². The third kappa shape index (κ3) is 2.61. The molecule has 0 saturated heterocycles. The summed E-state index contributed by atoms with van der Waals surface area (Å²) in [5, 5.41) is 1.96. The Morgan fingerprint density at radius 2 is 1.90 bits per heavy atom. The number of nitrogens with two attached hydrogens (primary N) is 1. The zero-order valence-corrected chi connectivity index (χ0v) is 12.3. The molecule has 1 aliphatic rings. The molecular formula is C16H20N2O3. The van der Waals surface area contributed by atoms with Crippen molar-refractivity contribution in [2.75, 3.05) is 20.8 Å². The smallest absolute Gasteiger partial charge is 0.221 e. The van der Waals surface area contributed by atoms with Gasteiger partial charge in [0.25, 0.3) is 0 Å². The molecule has 2 N–H and O–H groups in total. The molecule has 0 amide bonds. The van der Waals surface area contributed by atoms with E-state index in [1.807, 2.05) is 18.2 Å². The van der Waals surface area contributed by atoms with E-state index in [4.69, 9.17) is 19.9 Å². The zero-order valence-electron chi connectivity index (χ0n) is 12.3. The largest absolute Gasteiger partial charge is 0.493 e. The maximum atomic E-state index is 6.01. The van der Waals surface area contributed by atoms with Crippen LogP contribution in [0.1, 0.15) is 12.8 Å². The molecule has 21 heavy (non-hydrogen) atoms. The van der Waals surface area contributed by atoms with Gasteiger partial charge in [0.15, 0.2) is 11.5 Å². The van der Waals surface area contributed by atoms with Crippen LogP contribution < -0.4 is 19.9 Å². The maximum absolute atomic E-state index is 6.01. The predicted octanol–water partition coefficient (Wildman–Crippen LogP) is 2.37. The summed E-state index contributed by atoms with van der Waals surface area (Å²) in [5.74, 6) is 2.61. The highest BCUT2D eigenvalue weighted by molar-refractivity contribution is 5.89. The number of rotatable bonds is 5. The molecule has 0 bridgehead atoms. The fourth-order valence-corrected chi connectivity index (χ4v) is 2.69. The highest BCUT2D eigenvalue weighted by Crippen LogP contribution is 2.37. The zero-order chi connectivity index (χ0) is 14.8. The van der Waals surface area contributed by atoms with Crippen molar-refractivity contribution < 1.29 is 14.2 Å². The number of fused-ring (bicyclic) bond motifs is 1. The number of pyridine rings is 1. The SMILES string of the molecule is COc1cc2ccnc(OC3CC(CN)C3)c2cc1OC. The lowest BCUT2D eigenvalue weighted by Gasteiger charge is -2.34. The van der Waals surface area contributed by atoms with E-state index in [9.17, 15) is 0 Å². The molecule has 1 aromatic heterocycles. The molecule has 1 heterocycles. The van der Waals surface area contributed by atoms with E-state index in [1.165, 1.54) is 0 Å². The minimum Gasteiger partial charge on any atom is -0.493 e. The molecule has 5 heteroatoms. The maximum Gasteiger partial charge on any atom is 0.221 e. The highest BCUT2D eigenvalue weighted by Gasteiger charge is 2.30. The number of methoxy groups -OCH3 is 2. The van der Waals surface area contributed by atoms with Gasteiger partial charge in [-0.2, -0.15) is 0 Å². The Balaban J connectivity index is 1.92. The molecule has 0 radical (unpaired) electrons. The van der Waals surface area contributed by atoms with Gasteiger partial charge in [0.2, 0.25) is 5.88 Å². The lowest BCUT2D eigenvalue weighted by molar-refractivity contribution is 0.0664. The molecule has 0 aliphatic heterocycles. The summed E-state index contributed by atoms with van der Waals surface area (Å²) >= 11 is 0. The molecular weight excluding hydrogens is 268 g/mol. The summed E-state index contributed by atoms with van der Waals surface area (Å²) in [7, 11) is 3.25. The van der Waals surface area contributed by atoms with E-state index in [-0.39, 0.29) is 6.10 Å². The Morgan fingerprint density at radius 1 is 1.19 bits per heavy atom. The van der Waals surface area contributed by atoms with E-state index in [0.717, 1.165) is 30.2 Å². The van der Waals surface area contributed by atoms with E-state index in [0.29, 0.717) is 23.3 Å². The van der Waals surface area contributed by atoms with Crippen LogP contribution in [0.2, 0.25) is 0 Å². The van der Waals surface area contributed by atoms with E-state index in [1.54, 1.807) is 20.4 Å². The fraction of sp³-hybridized carbons (Fsp3) is 0.438. The molecule has 0 unspecified atom stereocenters. The van der Waals surface area contributed by atoms with Gasteiger partial charge in [-0.1, -0.05) is 0 Å². The van der Waals surface area contributed by atoms with Crippen molar-refractivity contribution in [2.24, 2.45) is 11.7 Å². The number of hydrogen-bond donors (Lipinski definition) is 1. The van der Waals surface area contributed by atoms with Crippen LogP contribution in [0.5, 0.6) is 17.4 Å². The highest BCUT2D eigenvalue weighted by atomic mass is 16.5. The van der Waals surface area contributed by atoms with E-state index >= 15 is 0 Å². The van der Waals surface area contributed by atoms with E-state index < -0.39 is 0 Å². The van der Waals surface area contributed by atoms with Crippen LogP contribution in [-0.4, -0.2) is 31.9 Å². The van der Waals surface area contributed by atoms with Crippen LogP contribution in [0, 0.1) is 5.92 Å². The van der Waals surface area contributed by atoms with Crippen LogP contribution in [0.4, 0.5) is 0 Å². The van der Waals surface area contributed by atoms with Crippen molar-refractivity contribution in [3.63, 3.8) is 0 Å². The number of nitrogens with zero attached hydrogens (tertiary/aromatic N) is 1. The van der Waals surface area contributed by atoms with Crippen molar-refractivity contribution in [3.05, 3.63) is 24.4 Å². The number of hydrogen-bond acceptors (Lipinski definition) is 5. The molecule has 3 rings (SSSR count). The first-order chi connectivity index (χ1) is 10.2. The molecule has 0 atom stereocenters. The van der Waals surface area contributed by atoms with Crippen LogP contribution in [0.25, 0.3) is 10.8 Å². The lowest BCUT2D eigenvalue weighted by atomic mass is 9.82. The monoisotopic (exact) mass is 288 g/mol. The Hall–Kier alpha value is -2.01. The van der Waals surface area contributed by atoms with Gasteiger partial charge in [-0.3, -0.25) is 0 Å². The average molecular weight is 288 g/mol. The minimum absolute atomic E-state index is 0.213. The second-order valence-electron chi connectivity index (χ2n) is 5.36. The summed E-state index contributed by atoms with van der Waals surface area (Å²) in [4.78, 5) is 4.36. The van der Waals surface area contributed by atoms with Crippen molar-refractivity contribution in [2.45, 2.75) is 18.9 Å². The summed E-state index contributed by atoms with van der Waals surface area (Å²) in [6.45, 7) is 0.730.